The van der Waals surface area contributed by atoms with E-state index in [-0.39, 0.29) is 16.9 Å². The van der Waals surface area contributed by atoms with E-state index in [1.54, 1.807) is 0 Å². The number of amides is 1. The summed E-state index contributed by atoms with van der Waals surface area (Å²) in [4.78, 5) is 25.2. The molecule has 0 bridgehead atoms. The number of piperidine rings is 1. The van der Waals surface area contributed by atoms with E-state index in [2.05, 4.69) is 37.2 Å². The van der Waals surface area contributed by atoms with Gasteiger partial charge < -0.3 is 14.5 Å². The Labute approximate surface area is 149 Å². The Kier molecular flexibility index (Phi) is 4.82. The third-order valence-electron chi connectivity index (χ3n) is 5.05. The second kappa shape index (κ2) is 6.75. The highest BCUT2D eigenvalue weighted by molar-refractivity contribution is 5.87. The lowest BCUT2D eigenvalue weighted by atomic mass is 9.89. The highest BCUT2D eigenvalue weighted by Crippen LogP contribution is 2.32. The van der Waals surface area contributed by atoms with Gasteiger partial charge in [0.1, 0.15) is 11.6 Å². The number of hydrogen-bond acceptors (Lipinski definition) is 5. The number of morpholine rings is 1. The normalized spacial score (nSPS) is 20.6. The quantitative estimate of drug-likeness (QED) is 0.770. The molecule has 136 valence electrons. The van der Waals surface area contributed by atoms with Crippen molar-refractivity contribution in [3.05, 3.63) is 30.7 Å². The number of rotatable bonds is 2. The lowest BCUT2D eigenvalue weighted by molar-refractivity contribution is -0.134. The smallest absolute Gasteiger partial charge is 0.245 e. The summed E-state index contributed by atoms with van der Waals surface area (Å²) in [6, 6.07) is 1.98. The number of ether oxygens (including phenoxy) is 1. The van der Waals surface area contributed by atoms with E-state index in [0.717, 1.165) is 50.7 Å². The van der Waals surface area contributed by atoms with Crippen LogP contribution in [0.5, 0.6) is 0 Å². The minimum absolute atomic E-state index is 0.00753. The second-order valence-corrected chi connectivity index (χ2v) is 7.97. The summed E-state index contributed by atoms with van der Waals surface area (Å²) >= 11 is 0. The molecule has 0 saturated carbocycles. The Morgan fingerprint density at radius 2 is 2.04 bits per heavy atom. The van der Waals surface area contributed by atoms with Crippen molar-refractivity contribution in [3.63, 3.8) is 0 Å². The molecular formula is C19H28N4O2. The molecule has 2 fully saturated rings. The van der Waals surface area contributed by atoms with Gasteiger partial charge in [-0.2, -0.15) is 0 Å². The average molecular weight is 344 g/mol. The standard InChI is InChI=1S/C19H28N4O2/c1-5-16(24)22-10-7-19(8-11-22)14-23(12-13-25-19)15-6-9-20-17(21-15)18(2,3)4/h5-6,9H,1,7-8,10-14H2,2-4H3. The zero-order chi connectivity index (χ0) is 18.1. The number of likely N-dealkylation sites (tertiary alicyclic amines) is 1. The molecule has 2 aliphatic rings. The summed E-state index contributed by atoms with van der Waals surface area (Å²) in [5.41, 5.74) is -0.264. The van der Waals surface area contributed by atoms with E-state index in [9.17, 15) is 4.79 Å². The molecule has 2 saturated heterocycles. The van der Waals surface area contributed by atoms with Gasteiger partial charge in [0.25, 0.3) is 0 Å². The average Bonchev–Trinajstić information content (AvgIpc) is 2.61. The molecule has 0 aromatic carbocycles. The summed E-state index contributed by atoms with van der Waals surface area (Å²) in [5, 5.41) is 0. The zero-order valence-corrected chi connectivity index (χ0v) is 15.5. The van der Waals surface area contributed by atoms with E-state index in [1.165, 1.54) is 6.08 Å². The van der Waals surface area contributed by atoms with Gasteiger partial charge in [-0.1, -0.05) is 27.4 Å². The molecule has 0 radical (unpaired) electrons. The number of hydrogen-bond donors (Lipinski definition) is 0. The van der Waals surface area contributed by atoms with E-state index in [0.29, 0.717) is 6.61 Å². The van der Waals surface area contributed by atoms with Gasteiger partial charge in [0.2, 0.25) is 5.91 Å². The van der Waals surface area contributed by atoms with Crippen molar-refractivity contribution in [1.82, 2.24) is 14.9 Å². The van der Waals surface area contributed by atoms with Crippen LogP contribution in [0.4, 0.5) is 5.82 Å². The molecule has 6 heteroatoms. The van der Waals surface area contributed by atoms with Crippen molar-refractivity contribution >= 4 is 11.7 Å². The molecule has 0 atom stereocenters. The molecule has 1 amide bonds. The second-order valence-electron chi connectivity index (χ2n) is 7.97. The predicted molar refractivity (Wildman–Crippen MR) is 97.6 cm³/mol. The van der Waals surface area contributed by atoms with E-state index < -0.39 is 0 Å². The molecule has 2 aliphatic heterocycles. The van der Waals surface area contributed by atoms with Gasteiger partial charge in [-0.15, -0.1) is 0 Å². The molecule has 1 spiro atoms. The minimum Gasteiger partial charge on any atom is -0.371 e. The SMILES string of the molecule is C=CC(=O)N1CCC2(CC1)CN(c1ccnc(C(C)(C)C)n1)CCO2. The first-order valence-corrected chi connectivity index (χ1v) is 8.97. The lowest BCUT2D eigenvalue weighted by Gasteiger charge is -2.47. The highest BCUT2D eigenvalue weighted by Gasteiger charge is 2.40. The summed E-state index contributed by atoms with van der Waals surface area (Å²) in [6.07, 6.45) is 4.93. The summed E-state index contributed by atoms with van der Waals surface area (Å²) in [6.45, 7) is 13.7. The Bertz CT molecular complexity index is 645. The minimum atomic E-state index is -0.191. The van der Waals surface area contributed by atoms with Crippen molar-refractivity contribution in [3.8, 4) is 0 Å². The third-order valence-corrected chi connectivity index (χ3v) is 5.05. The largest absolute Gasteiger partial charge is 0.371 e. The topological polar surface area (TPSA) is 58.6 Å². The first-order valence-electron chi connectivity index (χ1n) is 8.97. The lowest BCUT2D eigenvalue weighted by Crippen LogP contribution is -2.57. The molecule has 6 nitrogen and oxygen atoms in total. The van der Waals surface area contributed by atoms with Crippen molar-refractivity contribution in [2.45, 2.75) is 44.6 Å². The van der Waals surface area contributed by atoms with Crippen LogP contribution in [0.15, 0.2) is 24.9 Å². The Morgan fingerprint density at radius 3 is 2.68 bits per heavy atom. The summed E-state index contributed by atoms with van der Waals surface area (Å²) in [7, 11) is 0. The first kappa shape index (κ1) is 17.9. The molecule has 1 aromatic heterocycles. The molecule has 0 N–H and O–H groups in total. The Hall–Kier alpha value is -1.95. The van der Waals surface area contributed by atoms with Crippen molar-refractivity contribution < 1.29 is 9.53 Å². The molecule has 0 unspecified atom stereocenters. The maximum absolute atomic E-state index is 11.8. The van der Waals surface area contributed by atoms with Gasteiger partial charge in [0, 0.05) is 37.8 Å². The van der Waals surface area contributed by atoms with Gasteiger partial charge in [-0.3, -0.25) is 4.79 Å². The van der Waals surface area contributed by atoms with E-state index >= 15 is 0 Å². The summed E-state index contributed by atoms with van der Waals surface area (Å²) in [5.74, 6) is 1.83. The van der Waals surface area contributed by atoms with Gasteiger partial charge in [0.05, 0.1) is 12.2 Å². The third kappa shape index (κ3) is 3.84. The number of carbonyl (C=O) groups is 1. The van der Waals surface area contributed by atoms with Gasteiger partial charge in [0.15, 0.2) is 0 Å². The summed E-state index contributed by atoms with van der Waals surface area (Å²) < 4.78 is 6.17. The molecule has 3 rings (SSSR count). The van der Waals surface area contributed by atoms with Crippen molar-refractivity contribution in [2.24, 2.45) is 0 Å². The highest BCUT2D eigenvalue weighted by atomic mass is 16.5. The fraction of sp³-hybridized carbons (Fsp3) is 0.632. The van der Waals surface area contributed by atoms with Crippen LogP contribution >= 0.6 is 0 Å². The van der Waals surface area contributed by atoms with Gasteiger partial charge >= 0.3 is 0 Å². The Balaban J connectivity index is 1.72. The van der Waals surface area contributed by atoms with Crippen LogP contribution in [0.2, 0.25) is 0 Å². The Morgan fingerprint density at radius 1 is 1.32 bits per heavy atom. The molecular weight excluding hydrogens is 316 g/mol. The van der Waals surface area contributed by atoms with Gasteiger partial charge in [-0.25, -0.2) is 9.97 Å². The van der Waals surface area contributed by atoms with Crippen LogP contribution in [0.25, 0.3) is 0 Å². The van der Waals surface area contributed by atoms with E-state index in [1.807, 2.05) is 17.2 Å². The zero-order valence-electron chi connectivity index (χ0n) is 15.5. The number of nitrogens with zero attached hydrogens (tertiary/aromatic N) is 4. The fourth-order valence-corrected chi connectivity index (χ4v) is 3.49. The van der Waals surface area contributed by atoms with Crippen LogP contribution in [0.3, 0.4) is 0 Å². The number of aromatic nitrogens is 2. The monoisotopic (exact) mass is 344 g/mol. The predicted octanol–water partition coefficient (Wildman–Crippen LogP) is 2.16. The first-order chi connectivity index (χ1) is 11.8. The van der Waals surface area contributed by atoms with Crippen LogP contribution in [-0.4, -0.2) is 59.2 Å². The maximum Gasteiger partial charge on any atom is 0.245 e. The van der Waals surface area contributed by atoms with Crippen molar-refractivity contribution in [1.29, 1.82) is 0 Å². The van der Waals surface area contributed by atoms with Crippen molar-refractivity contribution in [2.75, 3.05) is 37.7 Å². The fourth-order valence-electron chi connectivity index (χ4n) is 3.49. The molecule has 1 aromatic rings. The number of carbonyl (C=O) groups excluding carboxylic acids is 1. The molecule has 3 heterocycles. The van der Waals surface area contributed by atoms with Crippen LogP contribution in [0, 0.1) is 0 Å². The van der Waals surface area contributed by atoms with E-state index in [4.69, 9.17) is 9.72 Å². The van der Waals surface area contributed by atoms with Crippen LogP contribution in [0.1, 0.15) is 39.4 Å². The number of anilines is 1. The maximum atomic E-state index is 11.8. The molecule has 0 aliphatic carbocycles. The van der Waals surface area contributed by atoms with Crippen LogP contribution < -0.4 is 4.90 Å². The van der Waals surface area contributed by atoms with Gasteiger partial charge in [-0.05, 0) is 25.0 Å². The molecule has 25 heavy (non-hydrogen) atoms. The van der Waals surface area contributed by atoms with Crippen LogP contribution in [-0.2, 0) is 14.9 Å².